The Hall–Kier alpha value is -0.690. The Bertz CT molecular complexity index is 145. The molecule has 0 bridgehead atoms. The zero-order valence-electron chi connectivity index (χ0n) is 8.54. The van der Waals surface area contributed by atoms with Gasteiger partial charge in [-0.2, -0.15) is 0 Å². The average Bonchev–Trinajstić information content (AvgIpc) is 2.18. The highest BCUT2D eigenvalue weighted by atomic mass is 16.6. The number of nitrogens with one attached hydrogen (secondary N) is 2. The summed E-state index contributed by atoms with van der Waals surface area (Å²) >= 11 is 0. The highest BCUT2D eigenvalue weighted by Crippen LogP contribution is 1.75. The first-order valence-electron chi connectivity index (χ1n) is 4.59. The zero-order chi connectivity index (χ0) is 10.6. The molecule has 0 unspecified atom stereocenters. The molecule has 0 aliphatic heterocycles. The number of ether oxygens (including phenoxy) is 1. The van der Waals surface area contributed by atoms with Gasteiger partial charge in [0, 0.05) is 13.7 Å². The molecule has 0 atom stereocenters. The number of methoxy groups -OCH3 is 1. The van der Waals surface area contributed by atoms with Crippen molar-refractivity contribution in [3.05, 3.63) is 0 Å². The van der Waals surface area contributed by atoms with Gasteiger partial charge in [-0.05, 0) is 13.0 Å². The van der Waals surface area contributed by atoms with E-state index in [9.17, 15) is 4.79 Å². The summed E-state index contributed by atoms with van der Waals surface area (Å²) in [7, 11) is 1.59. The smallest absolute Gasteiger partial charge is 0.234 e. The van der Waals surface area contributed by atoms with Gasteiger partial charge in [0.2, 0.25) is 5.91 Å². The van der Waals surface area contributed by atoms with Gasteiger partial charge in [-0.15, -0.1) is 0 Å². The van der Waals surface area contributed by atoms with Gasteiger partial charge >= 0.3 is 0 Å². The molecular formula is C9H23N3O3. The van der Waals surface area contributed by atoms with Crippen LogP contribution in [0.1, 0.15) is 13.8 Å². The van der Waals surface area contributed by atoms with E-state index in [0.717, 1.165) is 13.0 Å². The van der Waals surface area contributed by atoms with E-state index in [0.29, 0.717) is 26.3 Å². The molecule has 4 N–H and O–H groups in total. The highest BCUT2D eigenvalue weighted by molar-refractivity contribution is 5.77. The number of rotatable bonds is 9. The zero-order valence-corrected chi connectivity index (χ0v) is 8.54. The van der Waals surface area contributed by atoms with Gasteiger partial charge in [0.05, 0.1) is 19.8 Å². The monoisotopic (exact) mass is 221 g/mol. The maximum atomic E-state index is 11.1. The van der Waals surface area contributed by atoms with Crippen molar-refractivity contribution in [2.45, 2.75) is 13.8 Å². The van der Waals surface area contributed by atoms with Gasteiger partial charge in [0.25, 0.3) is 0 Å². The Morgan fingerprint density at radius 3 is 2.67 bits per heavy atom. The molecule has 6 heteroatoms. The van der Waals surface area contributed by atoms with Crippen molar-refractivity contribution in [1.29, 1.82) is 0 Å². The van der Waals surface area contributed by atoms with E-state index in [1.807, 2.05) is 0 Å². The van der Waals surface area contributed by atoms with E-state index in [-0.39, 0.29) is 13.3 Å². The lowest BCUT2D eigenvalue weighted by Gasteiger charge is -2.05. The fourth-order valence-electron chi connectivity index (χ4n) is 0.837. The standard InChI is InChI=1S/C8H19N3O3.CH4/c1-13-6-4-11-8(12)7-10-3-2-5-14-9;/h10H,2-7,9H2,1H3,(H,11,12);1H4. The molecule has 0 spiro atoms. The van der Waals surface area contributed by atoms with Crippen molar-refractivity contribution in [1.82, 2.24) is 10.6 Å². The second-order valence-electron chi connectivity index (χ2n) is 2.74. The average molecular weight is 221 g/mol. The van der Waals surface area contributed by atoms with Crippen LogP contribution in [0.15, 0.2) is 0 Å². The number of carbonyl (C=O) groups is 1. The summed E-state index contributed by atoms with van der Waals surface area (Å²) in [6, 6.07) is 0. The Balaban J connectivity index is 0. The fraction of sp³-hybridized carbons (Fsp3) is 0.889. The second kappa shape index (κ2) is 13.3. The van der Waals surface area contributed by atoms with Crippen LogP contribution < -0.4 is 16.5 Å². The van der Waals surface area contributed by atoms with Crippen LogP contribution in [0.5, 0.6) is 0 Å². The van der Waals surface area contributed by atoms with Gasteiger partial charge in [0.15, 0.2) is 0 Å². The lowest BCUT2D eigenvalue weighted by Crippen LogP contribution is -2.36. The van der Waals surface area contributed by atoms with E-state index in [2.05, 4.69) is 15.5 Å². The maximum Gasteiger partial charge on any atom is 0.234 e. The van der Waals surface area contributed by atoms with Crippen molar-refractivity contribution in [2.24, 2.45) is 5.90 Å². The molecule has 0 fully saturated rings. The van der Waals surface area contributed by atoms with Crippen LogP contribution in [-0.2, 0) is 14.4 Å². The third-order valence-corrected chi connectivity index (χ3v) is 1.53. The summed E-state index contributed by atoms with van der Waals surface area (Å²) in [6.07, 6.45) is 0.794. The molecule has 6 nitrogen and oxygen atoms in total. The fourth-order valence-corrected chi connectivity index (χ4v) is 0.837. The minimum atomic E-state index is -0.0317. The lowest BCUT2D eigenvalue weighted by molar-refractivity contribution is -0.120. The summed E-state index contributed by atoms with van der Waals surface area (Å²) < 4.78 is 4.78. The Kier molecular flexibility index (Phi) is 14.8. The number of amides is 1. The molecule has 0 aliphatic rings. The molecular weight excluding hydrogens is 198 g/mol. The Labute approximate surface area is 91.4 Å². The van der Waals surface area contributed by atoms with Gasteiger partial charge in [-0.25, -0.2) is 5.90 Å². The SMILES string of the molecule is C.COCCNC(=O)CNCCCON. The van der Waals surface area contributed by atoms with Gasteiger partial charge in [-0.3, -0.25) is 4.79 Å². The number of nitrogens with two attached hydrogens (primary N) is 1. The second-order valence-corrected chi connectivity index (χ2v) is 2.74. The van der Waals surface area contributed by atoms with Crippen LogP contribution in [0.25, 0.3) is 0 Å². The summed E-state index contributed by atoms with van der Waals surface area (Å²) in [5.41, 5.74) is 0. The quantitative estimate of drug-likeness (QED) is 0.352. The molecule has 0 aromatic carbocycles. The molecule has 0 saturated carbocycles. The van der Waals surface area contributed by atoms with Crippen LogP contribution in [0, 0.1) is 0 Å². The van der Waals surface area contributed by atoms with Crippen molar-refractivity contribution in [3.63, 3.8) is 0 Å². The number of carbonyl (C=O) groups excluding carboxylic acids is 1. The van der Waals surface area contributed by atoms with Crippen molar-refractivity contribution in [2.75, 3.05) is 40.0 Å². The Morgan fingerprint density at radius 2 is 2.07 bits per heavy atom. The molecule has 1 amide bonds. The molecule has 0 aromatic rings. The van der Waals surface area contributed by atoms with E-state index in [1.165, 1.54) is 0 Å². The van der Waals surface area contributed by atoms with Crippen molar-refractivity contribution in [3.8, 4) is 0 Å². The predicted molar refractivity (Wildman–Crippen MR) is 59.2 cm³/mol. The van der Waals surface area contributed by atoms with Gasteiger partial charge < -0.3 is 20.2 Å². The largest absolute Gasteiger partial charge is 0.383 e. The highest BCUT2D eigenvalue weighted by Gasteiger charge is 1.98. The molecule has 0 radical (unpaired) electrons. The van der Waals surface area contributed by atoms with Gasteiger partial charge in [0.1, 0.15) is 0 Å². The first-order chi connectivity index (χ1) is 6.81. The number of hydrogen-bond acceptors (Lipinski definition) is 5. The topological polar surface area (TPSA) is 85.6 Å². The first-order valence-corrected chi connectivity index (χ1v) is 4.59. The van der Waals surface area contributed by atoms with E-state index >= 15 is 0 Å². The molecule has 0 saturated heterocycles. The van der Waals surface area contributed by atoms with Crippen LogP contribution in [0.3, 0.4) is 0 Å². The lowest BCUT2D eigenvalue weighted by atomic mass is 10.4. The third kappa shape index (κ3) is 13.3. The van der Waals surface area contributed by atoms with Crippen LogP contribution in [0.2, 0.25) is 0 Å². The van der Waals surface area contributed by atoms with Crippen molar-refractivity contribution >= 4 is 5.91 Å². The summed E-state index contributed by atoms with van der Waals surface area (Å²) in [4.78, 5) is 15.4. The maximum absolute atomic E-state index is 11.1. The van der Waals surface area contributed by atoms with E-state index in [4.69, 9.17) is 10.6 Å². The number of hydrogen-bond donors (Lipinski definition) is 3. The van der Waals surface area contributed by atoms with Crippen LogP contribution in [-0.4, -0.2) is 45.9 Å². The van der Waals surface area contributed by atoms with E-state index < -0.39 is 0 Å². The molecule has 0 aromatic heterocycles. The molecule has 15 heavy (non-hydrogen) atoms. The van der Waals surface area contributed by atoms with Crippen molar-refractivity contribution < 1.29 is 14.4 Å². The minimum Gasteiger partial charge on any atom is -0.383 e. The van der Waals surface area contributed by atoms with E-state index in [1.54, 1.807) is 7.11 Å². The Morgan fingerprint density at radius 1 is 1.33 bits per heavy atom. The predicted octanol–water partition coefficient (Wildman–Crippen LogP) is -0.745. The molecule has 0 rings (SSSR count). The molecule has 92 valence electrons. The van der Waals surface area contributed by atoms with Crippen LogP contribution in [0.4, 0.5) is 0 Å². The normalized spacial score (nSPS) is 9.47. The summed E-state index contributed by atoms with van der Waals surface area (Å²) in [5.74, 6) is 4.80. The molecule has 0 heterocycles. The third-order valence-electron chi connectivity index (χ3n) is 1.53. The summed E-state index contributed by atoms with van der Waals surface area (Å²) in [5, 5.41) is 5.65. The van der Waals surface area contributed by atoms with Gasteiger partial charge in [-0.1, -0.05) is 7.43 Å². The summed E-state index contributed by atoms with van der Waals surface area (Å²) in [6.45, 7) is 2.61. The molecule has 0 aliphatic carbocycles. The van der Waals surface area contributed by atoms with Crippen LogP contribution >= 0.6 is 0 Å². The first kappa shape index (κ1) is 16.7. The minimum absolute atomic E-state index is 0.